The van der Waals surface area contributed by atoms with Crippen molar-refractivity contribution in [3.05, 3.63) is 33.4 Å². The summed E-state index contributed by atoms with van der Waals surface area (Å²) in [5.74, 6) is -1.83. The highest BCUT2D eigenvalue weighted by molar-refractivity contribution is 5.93. The number of nitrogens with zero attached hydrogens (tertiary/aromatic N) is 1. The van der Waals surface area contributed by atoms with Gasteiger partial charge in [0.25, 0.3) is 5.69 Å². The molecule has 0 aliphatic carbocycles. The first kappa shape index (κ1) is 17.6. The van der Waals surface area contributed by atoms with Crippen LogP contribution >= 0.6 is 0 Å². The van der Waals surface area contributed by atoms with E-state index in [1.807, 2.05) is 0 Å². The highest BCUT2D eigenvalue weighted by atomic mass is 16.6. The first-order valence-electron chi connectivity index (χ1n) is 7.15. The van der Waals surface area contributed by atoms with Crippen molar-refractivity contribution >= 4 is 17.9 Å². The number of hydrogen-bond acceptors (Lipinski definition) is 5. The first-order chi connectivity index (χ1) is 10.5. The van der Waals surface area contributed by atoms with Crippen LogP contribution < -0.4 is 0 Å². The minimum Gasteiger partial charge on any atom is -0.507 e. The van der Waals surface area contributed by atoms with Crippen LogP contribution in [0.3, 0.4) is 0 Å². The molecule has 7 nitrogen and oxygen atoms in total. The third-order valence-corrected chi connectivity index (χ3v) is 3.43. The number of aromatic hydroxyl groups is 1. The molecule has 2 N–H and O–H groups in total. The molecule has 0 aromatic heterocycles. The smallest absolute Gasteiger partial charge is 0.340 e. The molecule has 0 unspecified atom stereocenters. The van der Waals surface area contributed by atoms with E-state index in [-0.39, 0.29) is 17.7 Å². The number of carbonyl (C=O) groups is 2. The number of aldehydes is 1. The van der Waals surface area contributed by atoms with E-state index in [4.69, 9.17) is 5.11 Å². The number of carboxylic acids is 1. The molecular formula is C15H19NO6. The summed E-state index contributed by atoms with van der Waals surface area (Å²) in [4.78, 5) is 31.8. The largest absolute Gasteiger partial charge is 0.507 e. The molecule has 0 spiro atoms. The van der Waals surface area contributed by atoms with Gasteiger partial charge in [0.1, 0.15) is 17.6 Å². The minimum atomic E-state index is -1.37. The van der Waals surface area contributed by atoms with Crippen LogP contribution in [0.15, 0.2) is 12.1 Å². The number of nitro benzene ring substituents is 1. The molecule has 22 heavy (non-hydrogen) atoms. The van der Waals surface area contributed by atoms with Crippen LogP contribution in [-0.2, 0) is 11.2 Å². The predicted octanol–water partition coefficient (Wildman–Crippen LogP) is 3.08. The average Bonchev–Trinajstić information content (AvgIpc) is 2.45. The SMILES string of the molecule is O=CCCCCCCCc1c([N+](=O)[O-])ccc(O)c1C(=O)O. The highest BCUT2D eigenvalue weighted by Gasteiger charge is 2.24. The van der Waals surface area contributed by atoms with Crippen LogP contribution in [0.5, 0.6) is 5.75 Å². The van der Waals surface area contributed by atoms with Gasteiger partial charge in [0, 0.05) is 18.1 Å². The fraction of sp³-hybridized carbons (Fsp3) is 0.467. The van der Waals surface area contributed by atoms with E-state index in [2.05, 4.69) is 0 Å². The molecule has 0 amide bonds. The Morgan fingerprint density at radius 1 is 1.18 bits per heavy atom. The monoisotopic (exact) mass is 309 g/mol. The van der Waals surface area contributed by atoms with Crippen LogP contribution in [0.1, 0.15) is 54.4 Å². The van der Waals surface area contributed by atoms with Crippen molar-refractivity contribution in [1.29, 1.82) is 0 Å². The number of phenols is 1. The van der Waals surface area contributed by atoms with Gasteiger partial charge in [0.2, 0.25) is 0 Å². The number of carboxylic acid groups (broad SMARTS) is 1. The van der Waals surface area contributed by atoms with E-state index < -0.39 is 22.2 Å². The topological polar surface area (TPSA) is 118 Å². The summed E-state index contributed by atoms with van der Waals surface area (Å²) in [6, 6.07) is 2.16. The lowest BCUT2D eigenvalue weighted by Gasteiger charge is -2.09. The Morgan fingerprint density at radius 3 is 2.41 bits per heavy atom. The molecule has 0 saturated heterocycles. The van der Waals surface area contributed by atoms with Crippen molar-refractivity contribution in [2.45, 2.75) is 44.9 Å². The fourth-order valence-electron chi connectivity index (χ4n) is 2.35. The molecule has 0 fully saturated rings. The maximum Gasteiger partial charge on any atom is 0.340 e. The van der Waals surface area contributed by atoms with Gasteiger partial charge in [-0.05, 0) is 25.3 Å². The molecule has 0 aliphatic rings. The van der Waals surface area contributed by atoms with Crippen LogP contribution in [0.25, 0.3) is 0 Å². The molecule has 0 aliphatic heterocycles. The van der Waals surface area contributed by atoms with Crippen LogP contribution in [0.2, 0.25) is 0 Å². The number of benzene rings is 1. The normalized spacial score (nSPS) is 10.4. The number of unbranched alkanes of at least 4 members (excludes halogenated alkanes) is 5. The summed E-state index contributed by atoms with van der Waals surface area (Å²) in [6.45, 7) is 0. The lowest BCUT2D eigenvalue weighted by Crippen LogP contribution is -2.07. The van der Waals surface area contributed by atoms with E-state index >= 15 is 0 Å². The quantitative estimate of drug-likeness (QED) is 0.297. The molecule has 7 heteroatoms. The van der Waals surface area contributed by atoms with Crippen molar-refractivity contribution in [3.8, 4) is 5.75 Å². The molecule has 1 aromatic rings. The zero-order valence-electron chi connectivity index (χ0n) is 12.2. The molecule has 0 atom stereocenters. The van der Waals surface area contributed by atoms with Gasteiger partial charge in [-0.15, -0.1) is 0 Å². The Bertz CT molecular complexity index is 555. The molecule has 0 heterocycles. The van der Waals surface area contributed by atoms with E-state index in [0.717, 1.165) is 44.1 Å². The van der Waals surface area contributed by atoms with Crippen molar-refractivity contribution in [2.24, 2.45) is 0 Å². The Labute approximate surface area is 127 Å². The Hall–Kier alpha value is -2.44. The third-order valence-electron chi connectivity index (χ3n) is 3.43. The van der Waals surface area contributed by atoms with E-state index in [1.54, 1.807) is 0 Å². The van der Waals surface area contributed by atoms with Gasteiger partial charge in [-0.2, -0.15) is 0 Å². The standard InChI is InChI=1S/C15H19NO6/c17-10-6-4-2-1-3-5-7-11-12(16(21)22)8-9-13(18)14(11)15(19)20/h8-10,18H,1-7H2,(H,19,20). The third kappa shape index (κ3) is 4.83. The van der Waals surface area contributed by atoms with Crippen molar-refractivity contribution in [2.75, 3.05) is 0 Å². The maximum absolute atomic E-state index is 11.2. The summed E-state index contributed by atoms with van der Waals surface area (Å²) < 4.78 is 0. The minimum absolute atomic E-state index is 0.0605. The summed E-state index contributed by atoms with van der Waals surface area (Å²) in [5, 5.41) is 29.8. The van der Waals surface area contributed by atoms with Gasteiger partial charge < -0.3 is 15.0 Å². The van der Waals surface area contributed by atoms with E-state index in [0.29, 0.717) is 12.8 Å². The Kier molecular flexibility index (Phi) is 7.01. The maximum atomic E-state index is 11.2. The highest BCUT2D eigenvalue weighted by Crippen LogP contribution is 2.31. The van der Waals surface area contributed by atoms with Gasteiger partial charge in [0.15, 0.2) is 0 Å². The van der Waals surface area contributed by atoms with Crippen molar-refractivity contribution < 1.29 is 24.7 Å². The van der Waals surface area contributed by atoms with Crippen LogP contribution in [0.4, 0.5) is 5.69 Å². The molecule has 0 saturated carbocycles. The zero-order chi connectivity index (χ0) is 16.5. The van der Waals surface area contributed by atoms with Gasteiger partial charge in [-0.25, -0.2) is 4.79 Å². The number of rotatable bonds is 10. The lowest BCUT2D eigenvalue weighted by molar-refractivity contribution is -0.385. The van der Waals surface area contributed by atoms with Crippen LogP contribution in [-0.4, -0.2) is 27.4 Å². The lowest BCUT2D eigenvalue weighted by atomic mass is 9.98. The number of aromatic carboxylic acids is 1. The van der Waals surface area contributed by atoms with Gasteiger partial charge >= 0.3 is 5.97 Å². The zero-order valence-corrected chi connectivity index (χ0v) is 12.2. The summed E-state index contributed by atoms with van der Waals surface area (Å²) in [6.07, 6.45) is 5.58. The van der Waals surface area contributed by atoms with E-state index in [1.165, 1.54) is 0 Å². The summed E-state index contributed by atoms with van der Waals surface area (Å²) in [7, 11) is 0. The summed E-state index contributed by atoms with van der Waals surface area (Å²) >= 11 is 0. The fourth-order valence-corrected chi connectivity index (χ4v) is 2.35. The molecule has 1 rings (SSSR count). The van der Waals surface area contributed by atoms with Gasteiger partial charge in [-0.1, -0.05) is 19.3 Å². The molecular weight excluding hydrogens is 290 g/mol. The van der Waals surface area contributed by atoms with Crippen molar-refractivity contribution in [1.82, 2.24) is 0 Å². The second kappa shape index (κ2) is 8.76. The number of hydrogen-bond donors (Lipinski definition) is 2. The molecule has 0 radical (unpaired) electrons. The van der Waals surface area contributed by atoms with Gasteiger partial charge in [-0.3, -0.25) is 10.1 Å². The predicted molar refractivity (Wildman–Crippen MR) is 79.2 cm³/mol. The molecule has 120 valence electrons. The Balaban J connectivity index is 2.75. The Morgan fingerprint density at radius 2 is 1.82 bits per heavy atom. The van der Waals surface area contributed by atoms with E-state index in [9.17, 15) is 24.8 Å². The number of nitro groups is 1. The molecule has 0 bridgehead atoms. The van der Waals surface area contributed by atoms with Crippen molar-refractivity contribution in [3.63, 3.8) is 0 Å². The summed E-state index contributed by atoms with van der Waals surface area (Å²) in [5.41, 5.74) is -0.614. The second-order valence-electron chi connectivity index (χ2n) is 4.99. The van der Waals surface area contributed by atoms with Crippen LogP contribution in [0, 0.1) is 10.1 Å². The number of carbonyl (C=O) groups excluding carboxylic acids is 1. The molecule has 1 aromatic carbocycles. The average molecular weight is 309 g/mol. The second-order valence-corrected chi connectivity index (χ2v) is 4.99. The van der Waals surface area contributed by atoms with Gasteiger partial charge in [0.05, 0.1) is 4.92 Å². The first-order valence-corrected chi connectivity index (χ1v) is 7.15.